The van der Waals surface area contributed by atoms with Crippen molar-refractivity contribution in [3.63, 3.8) is 0 Å². The van der Waals surface area contributed by atoms with Crippen molar-refractivity contribution in [2.45, 2.75) is 37.5 Å². The van der Waals surface area contributed by atoms with E-state index in [9.17, 15) is 13.2 Å². The van der Waals surface area contributed by atoms with E-state index in [0.29, 0.717) is 11.3 Å². The number of amides is 1. The maximum absolute atomic E-state index is 13.0. The van der Waals surface area contributed by atoms with E-state index in [4.69, 9.17) is 0 Å². The Morgan fingerprint density at radius 2 is 1.59 bits per heavy atom. The first-order valence-electron chi connectivity index (χ1n) is 9.34. The molecule has 2 aromatic carbocycles. The van der Waals surface area contributed by atoms with E-state index in [1.165, 1.54) is 17.4 Å². The van der Waals surface area contributed by atoms with Crippen LogP contribution in [0.15, 0.2) is 53.4 Å². The Kier molecular flexibility index (Phi) is 5.85. The first-order chi connectivity index (χ1) is 12.9. The highest BCUT2D eigenvalue weighted by Gasteiger charge is 2.24. The first kappa shape index (κ1) is 19.4. The summed E-state index contributed by atoms with van der Waals surface area (Å²) in [5, 5.41) is 0. The Morgan fingerprint density at radius 1 is 0.963 bits per heavy atom. The summed E-state index contributed by atoms with van der Waals surface area (Å²) in [7, 11) is -2.21. The number of carbonyl (C=O) groups excluding carboxylic acids is 1. The summed E-state index contributed by atoms with van der Waals surface area (Å²) in [5.74, 6) is -0.0908. The van der Waals surface area contributed by atoms with Gasteiger partial charge in [-0.2, -0.15) is 0 Å². The summed E-state index contributed by atoms with van der Waals surface area (Å²) in [6, 6.07) is 13.7. The van der Waals surface area contributed by atoms with Crippen LogP contribution in [0.5, 0.6) is 0 Å². The molecule has 0 radical (unpaired) electrons. The largest absolute Gasteiger partial charge is 0.339 e. The molecule has 1 heterocycles. The molecule has 6 heteroatoms. The molecule has 1 saturated heterocycles. The molecule has 0 aliphatic carbocycles. The van der Waals surface area contributed by atoms with Gasteiger partial charge in [0.05, 0.1) is 10.6 Å². The van der Waals surface area contributed by atoms with E-state index in [1.807, 2.05) is 24.0 Å². The minimum Gasteiger partial charge on any atom is -0.339 e. The number of anilines is 1. The van der Waals surface area contributed by atoms with Gasteiger partial charge in [-0.25, -0.2) is 8.42 Å². The van der Waals surface area contributed by atoms with Crippen molar-refractivity contribution >= 4 is 21.6 Å². The Balaban J connectivity index is 1.87. The number of sulfonamides is 1. The quantitative estimate of drug-likeness (QED) is 0.802. The van der Waals surface area contributed by atoms with Gasteiger partial charge in [0, 0.05) is 25.7 Å². The minimum absolute atomic E-state index is 0.0908. The third kappa shape index (κ3) is 4.33. The molecule has 5 nitrogen and oxygen atoms in total. The van der Waals surface area contributed by atoms with Gasteiger partial charge in [-0.1, -0.05) is 36.6 Å². The normalized spacial score (nSPS) is 15.3. The zero-order valence-electron chi connectivity index (χ0n) is 15.9. The molecular formula is C21H26N2O3S. The van der Waals surface area contributed by atoms with Gasteiger partial charge in [0.25, 0.3) is 15.9 Å². The number of rotatable bonds is 4. The minimum atomic E-state index is -3.74. The zero-order valence-corrected chi connectivity index (χ0v) is 16.7. The standard InChI is InChI=1S/C21H26N2O3S/c1-17-10-12-19(13-11-17)22(2)27(25,26)20-9-7-8-18(16-20)21(24)23-14-5-3-4-6-15-23/h7-13,16H,3-6,14-15H2,1-2H3. The predicted molar refractivity (Wildman–Crippen MR) is 108 cm³/mol. The molecule has 0 N–H and O–H groups in total. The van der Waals surface area contributed by atoms with Crippen LogP contribution in [0.3, 0.4) is 0 Å². The maximum atomic E-state index is 13.0. The van der Waals surface area contributed by atoms with Crippen molar-refractivity contribution in [3.8, 4) is 0 Å². The number of aryl methyl sites for hydroxylation is 1. The molecular weight excluding hydrogens is 360 g/mol. The number of nitrogens with zero attached hydrogens (tertiary/aromatic N) is 2. The zero-order chi connectivity index (χ0) is 19.4. The first-order valence-corrected chi connectivity index (χ1v) is 10.8. The second-order valence-electron chi connectivity index (χ2n) is 7.04. The monoisotopic (exact) mass is 386 g/mol. The molecule has 0 spiro atoms. The summed E-state index contributed by atoms with van der Waals surface area (Å²) in [4.78, 5) is 14.8. The summed E-state index contributed by atoms with van der Waals surface area (Å²) in [6.07, 6.45) is 4.28. The van der Waals surface area contributed by atoms with Crippen LogP contribution in [0.4, 0.5) is 5.69 Å². The lowest BCUT2D eigenvalue weighted by molar-refractivity contribution is 0.0761. The lowest BCUT2D eigenvalue weighted by Gasteiger charge is -2.22. The van der Waals surface area contributed by atoms with Crippen molar-refractivity contribution in [1.29, 1.82) is 0 Å². The number of hydrogen-bond acceptors (Lipinski definition) is 3. The number of carbonyl (C=O) groups is 1. The van der Waals surface area contributed by atoms with E-state index in [-0.39, 0.29) is 10.8 Å². The van der Waals surface area contributed by atoms with Gasteiger partial charge in [0.1, 0.15) is 0 Å². The van der Waals surface area contributed by atoms with Crippen molar-refractivity contribution in [2.24, 2.45) is 0 Å². The third-order valence-electron chi connectivity index (χ3n) is 5.03. The summed E-state index contributed by atoms with van der Waals surface area (Å²) < 4.78 is 27.3. The fraction of sp³-hybridized carbons (Fsp3) is 0.381. The number of hydrogen-bond donors (Lipinski definition) is 0. The molecule has 1 aliphatic rings. The van der Waals surface area contributed by atoms with Gasteiger partial charge < -0.3 is 4.90 Å². The van der Waals surface area contributed by atoms with E-state index in [0.717, 1.165) is 44.3 Å². The highest BCUT2D eigenvalue weighted by Crippen LogP contribution is 2.24. The topological polar surface area (TPSA) is 57.7 Å². The van der Waals surface area contributed by atoms with Crippen LogP contribution in [0, 0.1) is 6.92 Å². The van der Waals surface area contributed by atoms with Crippen LogP contribution < -0.4 is 4.31 Å². The molecule has 1 fully saturated rings. The lowest BCUT2D eigenvalue weighted by atomic mass is 10.2. The number of likely N-dealkylation sites (tertiary alicyclic amines) is 1. The molecule has 0 bridgehead atoms. The smallest absolute Gasteiger partial charge is 0.264 e. The fourth-order valence-electron chi connectivity index (χ4n) is 3.30. The molecule has 0 aromatic heterocycles. The number of benzene rings is 2. The molecule has 3 rings (SSSR count). The van der Waals surface area contributed by atoms with Crippen LogP contribution in [0.2, 0.25) is 0 Å². The van der Waals surface area contributed by atoms with Crippen molar-refractivity contribution in [2.75, 3.05) is 24.4 Å². The highest BCUT2D eigenvalue weighted by atomic mass is 32.2. The SMILES string of the molecule is Cc1ccc(N(C)S(=O)(=O)c2cccc(C(=O)N3CCCCCC3)c2)cc1. The summed E-state index contributed by atoms with van der Waals surface area (Å²) in [5.41, 5.74) is 2.08. The van der Waals surface area contributed by atoms with E-state index in [1.54, 1.807) is 30.3 Å². The molecule has 27 heavy (non-hydrogen) atoms. The van der Waals surface area contributed by atoms with Crippen LogP contribution in [0.25, 0.3) is 0 Å². The molecule has 0 atom stereocenters. The van der Waals surface area contributed by atoms with Crippen molar-refractivity contribution in [1.82, 2.24) is 4.90 Å². The Labute approximate surface area is 161 Å². The molecule has 2 aromatic rings. The van der Waals surface area contributed by atoms with Crippen LogP contribution in [-0.4, -0.2) is 39.4 Å². The Bertz CT molecular complexity index is 899. The second-order valence-corrected chi connectivity index (χ2v) is 9.01. The van der Waals surface area contributed by atoms with Crippen LogP contribution in [0.1, 0.15) is 41.6 Å². The average molecular weight is 387 g/mol. The third-order valence-corrected chi connectivity index (χ3v) is 6.81. The van der Waals surface area contributed by atoms with Crippen LogP contribution in [-0.2, 0) is 10.0 Å². The lowest BCUT2D eigenvalue weighted by Crippen LogP contribution is -2.32. The van der Waals surface area contributed by atoms with Gasteiger partial charge in [-0.15, -0.1) is 0 Å². The van der Waals surface area contributed by atoms with Crippen molar-refractivity contribution in [3.05, 3.63) is 59.7 Å². The molecule has 0 unspecified atom stereocenters. The van der Waals surface area contributed by atoms with Gasteiger partial charge in [0.2, 0.25) is 0 Å². The second kappa shape index (κ2) is 8.13. The van der Waals surface area contributed by atoms with Crippen LogP contribution >= 0.6 is 0 Å². The van der Waals surface area contributed by atoms with Crippen molar-refractivity contribution < 1.29 is 13.2 Å². The molecule has 1 amide bonds. The van der Waals surface area contributed by atoms with Gasteiger partial charge in [-0.3, -0.25) is 9.10 Å². The van der Waals surface area contributed by atoms with Gasteiger partial charge >= 0.3 is 0 Å². The molecule has 1 aliphatic heterocycles. The Morgan fingerprint density at radius 3 is 2.22 bits per heavy atom. The van der Waals surface area contributed by atoms with Gasteiger partial charge in [0.15, 0.2) is 0 Å². The van der Waals surface area contributed by atoms with E-state index in [2.05, 4.69) is 0 Å². The van der Waals surface area contributed by atoms with E-state index >= 15 is 0 Å². The summed E-state index contributed by atoms with van der Waals surface area (Å²) >= 11 is 0. The average Bonchev–Trinajstić information content (AvgIpc) is 2.97. The van der Waals surface area contributed by atoms with E-state index < -0.39 is 10.0 Å². The maximum Gasteiger partial charge on any atom is 0.264 e. The Hall–Kier alpha value is -2.34. The fourth-order valence-corrected chi connectivity index (χ4v) is 4.54. The highest BCUT2D eigenvalue weighted by molar-refractivity contribution is 7.92. The summed E-state index contributed by atoms with van der Waals surface area (Å²) in [6.45, 7) is 3.42. The molecule has 144 valence electrons. The predicted octanol–water partition coefficient (Wildman–Crippen LogP) is 3.84. The van der Waals surface area contributed by atoms with Gasteiger partial charge in [-0.05, 0) is 50.1 Å². The molecule has 0 saturated carbocycles.